The molecule has 20 heavy (non-hydrogen) atoms. The second-order valence-electron chi connectivity index (χ2n) is 5.12. The minimum absolute atomic E-state index is 0.164. The monoisotopic (exact) mass is 291 g/mol. The van der Waals surface area contributed by atoms with E-state index in [9.17, 15) is 4.39 Å². The smallest absolute Gasteiger partial charge is 0.124 e. The van der Waals surface area contributed by atoms with E-state index < -0.39 is 0 Å². The lowest BCUT2D eigenvalue weighted by Gasteiger charge is -2.32. The van der Waals surface area contributed by atoms with Crippen molar-refractivity contribution in [2.75, 3.05) is 6.54 Å². The molecule has 1 atom stereocenters. The summed E-state index contributed by atoms with van der Waals surface area (Å²) in [6.45, 7) is 2.65. The Bertz CT molecular complexity index is 564. The molecule has 0 saturated heterocycles. The van der Waals surface area contributed by atoms with Crippen LogP contribution in [0.1, 0.15) is 24.5 Å². The van der Waals surface area contributed by atoms with Gasteiger partial charge < -0.3 is 5.73 Å². The van der Waals surface area contributed by atoms with Gasteiger partial charge in [-0.05, 0) is 36.1 Å². The van der Waals surface area contributed by atoms with Gasteiger partial charge >= 0.3 is 0 Å². The average molecular weight is 292 g/mol. The Morgan fingerprint density at radius 2 is 1.85 bits per heavy atom. The van der Waals surface area contributed by atoms with E-state index >= 15 is 0 Å². The molecule has 0 spiro atoms. The maximum absolute atomic E-state index is 13.2. The van der Waals surface area contributed by atoms with Crippen LogP contribution < -0.4 is 5.73 Å². The number of hydrogen-bond donors (Lipinski definition) is 1. The predicted octanol–water partition coefficient (Wildman–Crippen LogP) is 4.33. The zero-order valence-corrected chi connectivity index (χ0v) is 12.3. The molecule has 0 fully saturated rings. The van der Waals surface area contributed by atoms with Gasteiger partial charge in [-0.3, -0.25) is 0 Å². The Morgan fingerprint density at radius 3 is 2.40 bits per heavy atom. The minimum Gasteiger partial charge on any atom is -0.330 e. The van der Waals surface area contributed by atoms with E-state index in [0.717, 1.165) is 12.0 Å². The SMILES string of the molecule is CCC(CN)(Cc1ccc(F)cc1Cl)c1ccccc1. The first-order valence-electron chi connectivity index (χ1n) is 6.81. The van der Waals surface area contributed by atoms with Crippen LogP contribution in [0.3, 0.4) is 0 Å². The van der Waals surface area contributed by atoms with Crippen molar-refractivity contribution in [2.24, 2.45) is 5.73 Å². The van der Waals surface area contributed by atoms with Gasteiger partial charge in [-0.1, -0.05) is 54.9 Å². The highest BCUT2D eigenvalue weighted by Gasteiger charge is 2.29. The molecule has 0 saturated carbocycles. The van der Waals surface area contributed by atoms with E-state index in [1.807, 2.05) is 18.2 Å². The van der Waals surface area contributed by atoms with Gasteiger partial charge in [0.1, 0.15) is 5.82 Å². The van der Waals surface area contributed by atoms with E-state index in [-0.39, 0.29) is 11.2 Å². The van der Waals surface area contributed by atoms with Crippen molar-refractivity contribution in [3.05, 3.63) is 70.5 Å². The molecule has 3 heteroatoms. The summed E-state index contributed by atoms with van der Waals surface area (Å²) >= 11 is 6.16. The average Bonchev–Trinajstić information content (AvgIpc) is 2.48. The molecule has 1 nitrogen and oxygen atoms in total. The number of hydrogen-bond acceptors (Lipinski definition) is 1. The summed E-state index contributed by atoms with van der Waals surface area (Å²) in [5.74, 6) is -0.312. The number of rotatable bonds is 5. The summed E-state index contributed by atoms with van der Waals surface area (Å²) in [6.07, 6.45) is 1.62. The van der Waals surface area contributed by atoms with E-state index in [1.54, 1.807) is 6.07 Å². The molecule has 0 aliphatic rings. The molecule has 0 aliphatic carbocycles. The summed E-state index contributed by atoms with van der Waals surface area (Å²) in [7, 11) is 0. The van der Waals surface area contributed by atoms with Crippen molar-refractivity contribution in [3.8, 4) is 0 Å². The molecule has 0 bridgehead atoms. The Balaban J connectivity index is 2.39. The van der Waals surface area contributed by atoms with Crippen LogP contribution in [0.2, 0.25) is 5.02 Å². The van der Waals surface area contributed by atoms with Crippen LogP contribution in [-0.2, 0) is 11.8 Å². The van der Waals surface area contributed by atoms with Crippen LogP contribution in [-0.4, -0.2) is 6.54 Å². The van der Waals surface area contributed by atoms with Gasteiger partial charge in [0.05, 0.1) is 0 Å². The quantitative estimate of drug-likeness (QED) is 0.872. The second kappa shape index (κ2) is 6.38. The molecule has 0 radical (unpaired) electrons. The van der Waals surface area contributed by atoms with Crippen molar-refractivity contribution in [2.45, 2.75) is 25.2 Å². The van der Waals surface area contributed by atoms with Crippen molar-refractivity contribution >= 4 is 11.6 Å². The Hall–Kier alpha value is -1.38. The third-order valence-corrected chi connectivity index (χ3v) is 4.35. The van der Waals surface area contributed by atoms with Gasteiger partial charge in [-0.2, -0.15) is 0 Å². The molecule has 2 aromatic carbocycles. The lowest BCUT2D eigenvalue weighted by atomic mass is 9.73. The first-order chi connectivity index (χ1) is 9.61. The highest BCUT2D eigenvalue weighted by atomic mass is 35.5. The van der Waals surface area contributed by atoms with Crippen molar-refractivity contribution in [3.63, 3.8) is 0 Å². The maximum atomic E-state index is 13.2. The van der Waals surface area contributed by atoms with Crippen molar-refractivity contribution < 1.29 is 4.39 Å². The van der Waals surface area contributed by atoms with Crippen molar-refractivity contribution in [1.29, 1.82) is 0 Å². The largest absolute Gasteiger partial charge is 0.330 e. The van der Waals surface area contributed by atoms with E-state index in [0.29, 0.717) is 18.0 Å². The third-order valence-electron chi connectivity index (χ3n) is 4.00. The number of benzene rings is 2. The fraction of sp³-hybridized carbons (Fsp3) is 0.294. The molecular formula is C17H19ClFN. The lowest BCUT2D eigenvalue weighted by molar-refractivity contribution is 0.418. The molecule has 0 amide bonds. The molecule has 0 aliphatic heterocycles. The summed E-state index contributed by atoms with van der Waals surface area (Å²) in [5.41, 5.74) is 8.03. The van der Waals surface area contributed by atoms with E-state index in [1.165, 1.54) is 17.7 Å². The van der Waals surface area contributed by atoms with Crippen LogP contribution in [0.5, 0.6) is 0 Å². The molecule has 2 N–H and O–H groups in total. The van der Waals surface area contributed by atoms with Gasteiger partial charge in [0, 0.05) is 17.0 Å². The van der Waals surface area contributed by atoms with Crippen LogP contribution in [0.4, 0.5) is 4.39 Å². The predicted molar refractivity (Wildman–Crippen MR) is 82.6 cm³/mol. The van der Waals surface area contributed by atoms with E-state index in [2.05, 4.69) is 19.1 Å². The Labute approximate surface area is 124 Å². The minimum atomic E-state index is -0.312. The van der Waals surface area contributed by atoms with Gasteiger partial charge in [0.15, 0.2) is 0 Å². The molecule has 0 aromatic heterocycles. The van der Waals surface area contributed by atoms with Gasteiger partial charge in [-0.15, -0.1) is 0 Å². The number of halogens is 2. The van der Waals surface area contributed by atoms with Gasteiger partial charge in [0.2, 0.25) is 0 Å². The van der Waals surface area contributed by atoms with Crippen LogP contribution in [0.25, 0.3) is 0 Å². The highest BCUT2D eigenvalue weighted by molar-refractivity contribution is 6.31. The first-order valence-corrected chi connectivity index (χ1v) is 7.18. The topological polar surface area (TPSA) is 26.0 Å². The highest BCUT2D eigenvalue weighted by Crippen LogP contribution is 2.33. The fourth-order valence-corrected chi connectivity index (χ4v) is 2.82. The van der Waals surface area contributed by atoms with Gasteiger partial charge in [0.25, 0.3) is 0 Å². The van der Waals surface area contributed by atoms with Crippen molar-refractivity contribution in [1.82, 2.24) is 0 Å². The normalized spacial score (nSPS) is 14.0. The third kappa shape index (κ3) is 3.02. The van der Waals surface area contributed by atoms with Crippen LogP contribution in [0, 0.1) is 5.82 Å². The summed E-state index contributed by atoms with van der Waals surface area (Å²) in [5, 5.41) is 0.465. The number of nitrogens with two attached hydrogens (primary N) is 1. The zero-order valence-electron chi connectivity index (χ0n) is 11.6. The summed E-state index contributed by atoms with van der Waals surface area (Å²) in [4.78, 5) is 0. The lowest BCUT2D eigenvalue weighted by Crippen LogP contribution is -2.36. The molecule has 106 valence electrons. The summed E-state index contributed by atoms with van der Waals surface area (Å²) < 4.78 is 13.2. The van der Waals surface area contributed by atoms with E-state index in [4.69, 9.17) is 17.3 Å². The maximum Gasteiger partial charge on any atom is 0.124 e. The standard InChI is InChI=1S/C17H19ClFN/c1-2-17(12-20,14-6-4-3-5-7-14)11-13-8-9-15(19)10-16(13)18/h3-10H,2,11-12,20H2,1H3. The fourth-order valence-electron chi connectivity index (χ4n) is 2.59. The summed E-state index contributed by atoms with van der Waals surface area (Å²) in [6, 6.07) is 14.8. The molecular weight excluding hydrogens is 273 g/mol. The molecule has 1 unspecified atom stereocenters. The first kappa shape index (κ1) is 15.0. The zero-order chi connectivity index (χ0) is 14.6. The molecule has 2 aromatic rings. The van der Waals surface area contributed by atoms with Crippen LogP contribution >= 0.6 is 11.6 Å². The molecule has 2 rings (SSSR count). The van der Waals surface area contributed by atoms with Crippen LogP contribution in [0.15, 0.2) is 48.5 Å². The Kier molecular flexibility index (Phi) is 4.79. The van der Waals surface area contributed by atoms with Gasteiger partial charge in [-0.25, -0.2) is 4.39 Å². The second-order valence-corrected chi connectivity index (χ2v) is 5.52. The molecule has 0 heterocycles. The Morgan fingerprint density at radius 1 is 1.15 bits per heavy atom.